The SMILES string of the molecule is Cl.Fc1ccc(Br)c(F)c1[C@@H](CCC(F)(F)F)N1CCNCC1. The van der Waals surface area contributed by atoms with Gasteiger partial charge in [-0.05, 0) is 34.5 Å². The van der Waals surface area contributed by atoms with Crippen LogP contribution in [-0.2, 0) is 0 Å². The number of nitrogens with zero attached hydrogens (tertiary/aromatic N) is 1. The van der Waals surface area contributed by atoms with Gasteiger partial charge in [-0.3, -0.25) is 4.90 Å². The Morgan fingerprint density at radius 2 is 1.78 bits per heavy atom. The lowest BCUT2D eigenvalue weighted by Crippen LogP contribution is -2.45. The molecule has 1 N–H and O–H groups in total. The summed E-state index contributed by atoms with van der Waals surface area (Å²) in [4.78, 5) is 1.70. The van der Waals surface area contributed by atoms with Gasteiger partial charge in [0.1, 0.15) is 11.6 Å². The predicted molar refractivity (Wildman–Crippen MR) is 83.8 cm³/mol. The summed E-state index contributed by atoms with van der Waals surface area (Å²) in [5, 5.41) is 3.07. The summed E-state index contributed by atoms with van der Waals surface area (Å²) in [6.07, 6.45) is -5.80. The van der Waals surface area contributed by atoms with E-state index in [0.29, 0.717) is 26.2 Å². The van der Waals surface area contributed by atoms with E-state index in [-0.39, 0.29) is 28.9 Å². The lowest BCUT2D eigenvalue weighted by Gasteiger charge is -2.35. The first-order valence-corrected chi connectivity index (χ1v) is 7.74. The molecule has 1 saturated heterocycles. The maximum atomic E-state index is 14.3. The quantitative estimate of drug-likeness (QED) is 0.569. The molecule has 1 heterocycles. The Morgan fingerprint density at radius 3 is 2.35 bits per heavy atom. The molecule has 1 aliphatic rings. The highest BCUT2D eigenvalue weighted by Crippen LogP contribution is 2.36. The fourth-order valence-corrected chi connectivity index (χ4v) is 3.00. The minimum absolute atomic E-state index is 0. The minimum Gasteiger partial charge on any atom is -0.314 e. The van der Waals surface area contributed by atoms with Crippen LogP contribution in [0.3, 0.4) is 0 Å². The molecule has 23 heavy (non-hydrogen) atoms. The monoisotopic (exact) mass is 422 g/mol. The van der Waals surface area contributed by atoms with Gasteiger partial charge in [-0.2, -0.15) is 13.2 Å². The third-order valence-corrected chi connectivity index (χ3v) is 4.32. The summed E-state index contributed by atoms with van der Waals surface area (Å²) in [6, 6.07) is 1.36. The highest BCUT2D eigenvalue weighted by molar-refractivity contribution is 9.10. The smallest absolute Gasteiger partial charge is 0.314 e. The van der Waals surface area contributed by atoms with Gasteiger partial charge in [0, 0.05) is 44.2 Å². The van der Waals surface area contributed by atoms with Crippen LogP contribution in [-0.4, -0.2) is 37.3 Å². The van der Waals surface area contributed by atoms with E-state index in [0.717, 1.165) is 6.07 Å². The van der Waals surface area contributed by atoms with Gasteiger partial charge >= 0.3 is 6.18 Å². The summed E-state index contributed by atoms with van der Waals surface area (Å²) in [5.74, 6) is -1.64. The Bertz CT molecular complexity index is 521. The molecule has 9 heteroatoms. The maximum absolute atomic E-state index is 14.3. The lowest BCUT2D eigenvalue weighted by atomic mass is 9.98. The molecule has 0 unspecified atom stereocenters. The Balaban J connectivity index is 0.00000264. The molecule has 132 valence electrons. The first-order valence-electron chi connectivity index (χ1n) is 6.94. The summed E-state index contributed by atoms with van der Waals surface area (Å²) in [6.45, 7) is 2.07. The number of halogens is 7. The van der Waals surface area contributed by atoms with E-state index < -0.39 is 30.3 Å². The van der Waals surface area contributed by atoms with Crippen LogP contribution < -0.4 is 5.32 Å². The zero-order chi connectivity index (χ0) is 16.3. The molecule has 1 atom stereocenters. The normalized spacial score (nSPS) is 17.7. The maximum Gasteiger partial charge on any atom is 0.389 e. The fourth-order valence-electron chi connectivity index (χ4n) is 2.65. The topological polar surface area (TPSA) is 15.3 Å². The summed E-state index contributed by atoms with van der Waals surface area (Å²) < 4.78 is 66.1. The highest BCUT2D eigenvalue weighted by Gasteiger charge is 2.34. The third kappa shape index (κ3) is 5.55. The highest BCUT2D eigenvalue weighted by atomic mass is 79.9. The van der Waals surface area contributed by atoms with Gasteiger partial charge in [0.15, 0.2) is 0 Å². The molecule has 2 rings (SSSR count). The number of hydrogen-bond acceptors (Lipinski definition) is 2. The van der Waals surface area contributed by atoms with Crippen molar-refractivity contribution in [3.8, 4) is 0 Å². The fraction of sp³-hybridized carbons (Fsp3) is 0.571. The van der Waals surface area contributed by atoms with Crippen LogP contribution in [0, 0.1) is 11.6 Å². The Morgan fingerprint density at radius 1 is 1.17 bits per heavy atom. The second kappa shape index (κ2) is 8.60. The average Bonchev–Trinajstić information content (AvgIpc) is 2.46. The van der Waals surface area contributed by atoms with Crippen LogP contribution >= 0.6 is 28.3 Å². The van der Waals surface area contributed by atoms with Crippen LogP contribution in [0.25, 0.3) is 0 Å². The first-order chi connectivity index (χ1) is 10.3. The van der Waals surface area contributed by atoms with E-state index >= 15 is 0 Å². The van der Waals surface area contributed by atoms with Crippen molar-refractivity contribution in [1.29, 1.82) is 0 Å². The van der Waals surface area contributed by atoms with Crippen molar-refractivity contribution >= 4 is 28.3 Å². The third-order valence-electron chi connectivity index (χ3n) is 3.71. The van der Waals surface area contributed by atoms with Gasteiger partial charge in [-0.15, -0.1) is 12.4 Å². The summed E-state index contributed by atoms with van der Waals surface area (Å²) in [7, 11) is 0. The Kier molecular flexibility index (Phi) is 7.70. The molecule has 0 radical (unpaired) electrons. The first kappa shape index (κ1) is 20.6. The standard InChI is InChI=1S/C14H16BrF5N2.ClH/c15-9-1-2-10(16)12(13(9)17)11(3-4-14(18,19)20)22-7-5-21-6-8-22;/h1-2,11,21H,3-8H2;1H/t11-;/m1./s1. The summed E-state index contributed by atoms with van der Waals surface area (Å²) >= 11 is 2.97. The molecule has 2 nitrogen and oxygen atoms in total. The van der Waals surface area contributed by atoms with Crippen molar-refractivity contribution in [3.05, 3.63) is 33.8 Å². The van der Waals surface area contributed by atoms with Crippen molar-refractivity contribution in [1.82, 2.24) is 10.2 Å². The van der Waals surface area contributed by atoms with Crippen LogP contribution in [0.5, 0.6) is 0 Å². The zero-order valence-electron chi connectivity index (χ0n) is 12.1. The van der Waals surface area contributed by atoms with Crippen LogP contribution in [0.2, 0.25) is 0 Å². The molecule has 0 saturated carbocycles. The van der Waals surface area contributed by atoms with E-state index in [2.05, 4.69) is 21.2 Å². The molecule has 0 bridgehead atoms. The molecule has 0 amide bonds. The number of piperazine rings is 1. The van der Waals surface area contributed by atoms with E-state index in [1.54, 1.807) is 4.90 Å². The van der Waals surface area contributed by atoms with Gasteiger partial charge in [-0.25, -0.2) is 8.78 Å². The minimum atomic E-state index is -4.36. The lowest BCUT2D eigenvalue weighted by molar-refractivity contribution is -0.138. The zero-order valence-corrected chi connectivity index (χ0v) is 14.5. The Hall–Kier alpha value is -0.440. The van der Waals surface area contributed by atoms with Crippen molar-refractivity contribution in [2.75, 3.05) is 26.2 Å². The van der Waals surface area contributed by atoms with E-state index in [1.807, 2.05) is 0 Å². The summed E-state index contributed by atoms with van der Waals surface area (Å²) in [5.41, 5.74) is -0.291. The number of benzene rings is 1. The molecule has 1 aromatic carbocycles. The van der Waals surface area contributed by atoms with Crippen LogP contribution in [0.15, 0.2) is 16.6 Å². The number of alkyl halides is 3. The molecule has 0 spiro atoms. The van der Waals surface area contributed by atoms with Crippen molar-refractivity contribution < 1.29 is 22.0 Å². The molecule has 1 aromatic rings. The van der Waals surface area contributed by atoms with Gasteiger partial charge in [0.25, 0.3) is 0 Å². The van der Waals surface area contributed by atoms with E-state index in [4.69, 9.17) is 0 Å². The van der Waals surface area contributed by atoms with Crippen molar-refractivity contribution in [3.63, 3.8) is 0 Å². The second-order valence-corrected chi connectivity index (χ2v) is 6.07. The van der Waals surface area contributed by atoms with E-state index in [1.165, 1.54) is 6.07 Å². The van der Waals surface area contributed by atoms with Gasteiger partial charge in [0.2, 0.25) is 0 Å². The number of rotatable bonds is 4. The predicted octanol–water partition coefficient (Wildman–Crippen LogP) is 4.44. The number of hydrogen-bond donors (Lipinski definition) is 1. The molecule has 1 fully saturated rings. The van der Waals surface area contributed by atoms with Gasteiger partial charge in [-0.1, -0.05) is 0 Å². The van der Waals surface area contributed by atoms with Crippen molar-refractivity contribution in [2.45, 2.75) is 25.1 Å². The van der Waals surface area contributed by atoms with Crippen molar-refractivity contribution in [2.24, 2.45) is 0 Å². The largest absolute Gasteiger partial charge is 0.389 e. The molecular weight excluding hydrogens is 407 g/mol. The number of nitrogens with one attached hydrogen (secondary N) is 1. The Labute approximate surface area is 146 Å². The van der Waals surface area contributed by atoms with Crippen LogP contribution in [0.4, 0.5) is 22.0 Å². The molecule has 0 aromatic heterocycles. The molecule has 1 aliphatic heterocycles. The van der Waals surface area contributed by atoms with Crippen LogP contribution in [0.1, 0.15) is 24.4 Å². The second-order valence-electron chi connectivity index (χ2n) is 5.21. The molecule has 0 aliphatic carbocycles. The average molecular weight is 424 g/mol. The molecular formula is C14H17BrClF5N2. The van der Waals surface area contributed by atoms with Gasteiger partial charge in [0.05, 0.1) is 4.47 Å². The van der Waals surface area contributed by atoms with Gasteiger partial charge < -0.3 is 5.32 Å². The van der Waals surface area contributed by atoms with E-state index in [9.17, 15) is 22.0 Å².